The first-order valence-corrected chi connectivity index (χ1v) is 4.79. The molecule has 0 aliphatic heterocycles. The molecule has 0 N–H and O–H groups in total. The van der Waals surface area contributed by atoms with Crippen LogP contribution in [0, 0.1) is 0 Å². The summed E-state index contributed by atoms with van der Waals surface area (Å²) in [6, 6.07) is 0. The molecule has 6 heteroatoms. The van der Waals surface area contributed by atoms with E-state index in [1.165, 1.54) is 0 Å². The third-order valence-corrected chi connectivity index (χ3v) is 0. The average Bonchev–Trinajstić information content (AvgIpc) is 1.88. The van der Waals surface area contributed by atoms with Crippen molar-refractivity contribution in [1.82, 2.24) is 0 Å². The molecule has 0 saturated carbocycles. The smallest absolute Gasteiger partial charge is 0.813 e. The first kappa shape index (κ1) is 36.0. The van der Waals surface area contributed by atoms with Crippen LogP contribution in [0.3, 0.4) is 0 Å². The Kier molecular flexibility index (Phi) is 140. The minimum absolute atomic E-state index is 0. The Hall–Kier alpha value is 1.37. The van der Waals surface area contributed by atoms with Gasteiger partial charge in [0, 0.05) is 0 Å². The Bertz CT molecular complexity index is 112. The Morgan fingerprint density at radius 1 is 0.867 bits per heavy atom. The predicted molar refractivity (Wildman–Crippen MR) is 56.6 cm³/mol. The summed E-state index contributed by atoms with van der Waals surface area (Å²) in [4.78, 5) is 17.0. The van der Waals surface area contributed by atoms with Gasteiger partial charge in [-0.3, -0.25) is 0 Å². The van der Waals surface area contributed by atoms with Gasteiger partial charge in [-0.05, 0) is 20.8 Å². The van der Waals surface area contributed by atoms with E-state index in [2.05, 4.69) is 19.7 Å². The maximum absolute atomic E-state index is 8.52. The molecule has 0 rings (SSSR count). The van der Waals surface area contributed by atoms with Crippen LogP contribution in [0.2, 0.25) is 0 Å². The van der Waals surface area contributed by atoms with Gasteiger partial charge in [0.2, 0.25) is 0 Å². The molecule has 0 spiro atoms. The number of rotatable bonds is 0. The van der Waals surface area contributed by atoms with Crippen LogP contribution in [-0.4, -0.2) is 0 Å². The molecule has 0 fully saturated rings. The van der Waals surface area contributed by atoms with Gasteiger partial charge in [0.15, 0.2) is 0 Å². The summed E-state index contributed by atoms with van der Waals surface area (Å²) >= 11 is 0. The van der Waals surface area contributed by atoms with Gasteiger partial charge in [0.1, 0.15) is 0 Å². The van der Waals surface area contributed by atoms with E-state index in [1.54, 1.807) is 18.2 Å². The zero-order chi connectivity index (χ0) is 11.7. The van der Waals surface area contributed by atoms with Gasteiger partial charge in [0.05, 0.1) is 0 Å². The molecule has 0 atom stereocenters. The summed E-state index contributed by atoms with van der Waals surface area (Å²) in [6.45, 7) is 15.8. The van der Waals surface area contributed by atoms with E-state index in [-0.39, 0.29) is 59.1 Å². The topological polar surface area (TPSA) is 63.2 Å². The Morgan fingerprint density at radius 3 is 0.867 bits per heavy atom. The summed E-state index contributed by atoms with van der Waals surface area (Å²) in [5, 5.41) is 0. The SMILES string of the molecule is C=CC.C=CC.C=CC.O=[PH]([O-])[O-].[Na+].[Na+]. The number of hydrogen-bond donors (Lipinski definition) is 0. The van der Waals surface area contributed by atoms with Crippen molar-refractivity contribution >= 4 is 8.25 Å². The molecule has 0 aromatic carbocycles. The predicted octanol–water partition coefficient (Wildman–Crippen LogP) is -4.32. The molecule has 15 heavy (non-hydrogen) atoms. The second-order valence-electron chi connectivity index (χ2n) is 1.47. The maximum Gasteiger partial charge on any atom is 1.00 e. The summed E-state index contributed by atoms with van der Waals surface area (Å²) in [5.41, 5.74) is 0. The van der Waals surface area contributed by atoms with Crippen LogP contribution in [0.4, 0.5) is 0 Å². The summed E-state index contributed by atoms with van der Waals surface area (Å²) in [7, 11) is -3.63. The second-order valence-corrected chi connectivity index (χ2v) is 1.97. The van der Waals surface area contributed by atoms with Crippen molar-refractivity contribution in [2.75, 3.05) is 0 Å². The Morgan fingerprint density at radius 2 is 0.867 bits per heavy atom. The van der Waals surface area contributed by atoms with Crippen LogP contribution in [0.25, 0.3) is 0 Å². The molecule has 0 amide bonds. The van der Waals surface area contributed by atoms with Gasteiger partial charge in [-0.1, -0.05) is 26.5 Å². The largest absolute Gasteiger partial charge is 1.00 e. The van der Waals surface area contributed by atoms with Gasteiger partial charge in [-0.15, -0.1) is 19.7 Å². The standard InChI is InChI=1S/3C3H6.2Na.H3O3P/c3*1-3-2;;;1-4(2)3/h3*3H,1H2,2H3;;;4H,(H2,1,2,3)/q;;;2*+1;/p-2. The van der Waals surface area contributed by atoms with Crippen molar-refractivity contribution in [3.05, 3.63) is 38.0 Å². The molecule has 0 bridgehead atoms. The van der Waals surface area contributed by atoms with E-state index in [1.807, 2.05) is 20.8 Å². The van der Waals surface area contributed by atoms with Crippen molar-refractivity contribution in [2.45, 2.75) is 20.8 Å². The summed E-state index contributed by atoms with van der Waals surface area (Å²) < 4.78 is 8.52. The van der Waals surface area contributed by atoms with Gasteiger partial charge in [-0.25, -0.2) is 0 Å². The fourth-order valence-corrected chi connectivity index (χ4v) is 0. The third kappa shape index (κ3) is 1460. The van der Waals surface area contributed by atoms with Crippen molar-refractivity contribution in [2.24, 2.45) is 0 Å². The molecule has 0 aromatic heterocycles. The van der Waals surface area contributed by atoms with Crippen LogP contribution in [0.5, 0.6) is 0 Å². The van der Waals surface area contributed by atoms with E-state index in [0.717, 1.165) is 0 Å². The van der Waals surface area contributed by atoms with E-state index in [4.69, 9.17) is 14.4 Å². The average molecular weight is 252 g/mol. The molecule has 0 saturated heterocycles. The normalized spacial score (nSPS) is 4.93. The Labute approximate surface area is 139 Å². The second kappa shape index (κ2) is 58.4. The van der Waals surface area contributed by atoms with Crippen molar-refractivity contribution in [1.29, 1.82) is 0 Å². The molecular weight excluding hydrogens is 233 g/mol. The fraction of sp³-hybridized carbons (Fsp3) is 0.333. The number of allylic oxidation sites excluding steroid dienone is 3. The van der Waals surface area contributed by atoms with Crippen LogP contribution in [-0.2, 0) is 4.57 Å². The van der Waals surface area contributed by atoms with E-state index >= 15 is 0 Å². The van der Waals surface area contributed by atoms with Gasteiger partial charge >= 0.3 is 59.1 Å². The summed E-state index contributed by atoms with van der Waals surface area (Å²) in [6.07, 6.45) is 5.25. The third-order valence-electron chi connectivity index (χ3n) is 0. The van der Waals surface area contributed by atoms with E-state index < -0.39 is 8.25 Å². The minimum Gasteiger partial charge on any atom is -0.813 e. The first-order chi connectivity index (χ1) is 5.97. The molecule has 0 aliphatic rings. The number of hydrogen-bond acceptors (Lipinski definition) is 3. The molecule has 0 aromatic rings. The monoisotopic (exact) mass is 252 g/mol. The molecule has 0 aliphatic carbocycles. The Balaban J connectivity index is -0.0000000174. The van der Waals surface area contributed by atoms with Crippen LogP contribution in [0.1, 0.15) is 20.8 Å². The quantitative estimate of drug-likeness (QED) is 0.249. The fourth-order valence-electron chi connectivity index (χ4n) is 0. The van der Waals surface area contributed by atoms with Crippen LogP contribution >= 0.6 is 8.25 Å². The maximum atomic E-state index is 8.52. The van der Waals surface area contributed by atoms with Crippen molar-refractivity contribution < 1.29 is 73.5 Å². The molecule has 3 nitrogen and oxygen atoms in total. The van der Waals surface area contributed by atoms with Crippen molar-refractivity contribution in [3.8, 4) is 0 Å². The van der Waals surface area contributed by atoms with Gasteiger partial charge in [-0.2, -0.15) is 0 Å². The molecule has 0 unspecified atom stereocenters. The zero-order valence-corrected chi connectivity index (χ0v) is 15.6. The molecule has 0 heterocycles. The summed E-state index contributed by atoms with van der Waals surface area (Å²) in [5.74, 6) is 0. The first-order valence-electron chi connectivity index (χ1n) is 3.57. The minimum atomic E-state index is -3.63. The molecule has 80 valence electrons. The zero-order valence-electron chi connectivity index (χ0n) is 10.6. The van der Waals surface area contributed by atoms with Crippen LogP contribution in [0.15, 0.2) is 38.0 Å². The van der Waals surface area contributed by atoms with Gasteiger partial charge < -0.3 is 14.4 Å². The van der Waals surface area contributed by atoms with E-state index in [9.17, 15) is 0 Å². The van der Waals surface area contributed by atoms with Crippen LogP contribution < -0.4 is 68.9 Å². The van der Waals surface area contributed by atoms with E-state index in [0.29, 0.717) is 0 Å². The molecule has 0 radical (unpaired) electrons. The van der Waals surface area contributed by atoms with Crippen molar-refractivity contribution in [3.63, 3.8) is 0 Å². The van der Waals surface area contributed by atoms with Gasteiger partial charge in [0.25, 0.3) is 0 Å². The molecular formula is C9H19Na2O3P.